The van der Waals surface area contributed by atoms with Gasteiger partial charge in [0.25, 0.3) is 0 Å². The van der Waals surface area contributed by atoms with Gasteiger partial charge in [0.05, 0.1) is 11.2 Å². The van der Waals surface area contributed by atoms with E-state index in [1.165, 1.54) is 12.8 Å². The summed E-state index contributed by atoms with van der Waals surface area (Å²) in [6.45, 7) is 11.3. The maximum Gasteiger partial charge on any atom is 0.497 e. The van der Waals surface area contributed by atoms with Crippen molar-refractivity contribution in [1.29, 1.82) is 0 Å². The summed E-state index contributed by atoms with van der Waals surface area (Å²) in [5.41, 5.74) is 5.84. The van der Waals surface area contributed by atoms with E-state index >= 15 is 0 Å². The van der Waals surface area contributed by atoms with Crippen LogP contribution in [0.2, 0.25) is 0 Å². The molecule has 0 spiro atoms. The number of allylic oxidation sites excluding steroid dienone is 1. The molecule has 22 heavy (non-hydrogen) atoms. The highest BCUT2D eigenvalue weighted by Crippen LogP contribution is 2.38. The smallest absolute Gasteiger partial charge is 0.405 e. The van der Waals surface area contributed by atoms with Gasteiger partial charge in [-0.15, -0.1) is 0 Å². The van der Waals surface area contributed by atoms with Gasteiger partial charge in [-0.2, -0.15) is 0 Å². The highest BCUT2D eigenvalue weighted by atomic mass is 16.7. The van der Waals surface area contributed by atoms with Crippen LogP contribution in [0.25, 0.3) is 0 Å². The number of hydrogen-bond donors (Lipinski definition) is 1. The molecule has 2 fully saturated rings. The van der Waals surface area contributed by atoms with Crippen molar-refractivity contribution in [3.05, 3.63) is 11.7 Å². The Morgan fingerprint density at radius 2 is 1.77 bits per heavy atom. The molecule has 2 rings (SSSR count). The summed E-state index contributed by atoms with van der Waals surface area (Å²) in [6.07, 6.45) is 5.79. The van der Waals surface area contributed by atoms with Crippen LogP contribution in [0.5, 0.6) is 0 Å². The van der Waals surface area contributed by atoms with Crippen molar-refractivity contribution in [2.45, 2.75) is 51.7 Å². The van der Waals surface area contributed by atoms with Crippen LogP contribution >= 0.6 is 0 Å². The van der Waals surface area contributed by atoms with Crippen molar-refractivity contribution < 1.29 is 9.31 Å². The predicted octanol–water partition coefficient (Wildman–Crippen LogP) is 1.87. The molecule has 2 aliphatic heterocycles. The van der Waals surface area contributed by atoms with Gasteiger partial charge in [0.2, 0.25) is 0 Å². The van der Waals surface area contributed by atoms with E-state index < -0.39 is 7.12 Å². The Balaban J connectivity index is 1.89. The van der Waals surface area contributed by atoms with E-state index in [9.17, 15) is 0 Å². The average molecular weight is 307 g/mol. The number of rotatable bonds is 4. The Morgan fingerprint density at radius 3 is 2.27 bits per heavy atom. The second-order valence-corrected chi connectivity index (χ2v) is 7.50. The summed E-state index contributed by atoms with van der Waals surface area (Å²) in [7, 11) is 1.74. The topological polar surface area (TPSA) is 60.1 Å². The summed E-state index contributed by atoms with van der Waals surface area (Å²) in [6, 6.07) is 0. The van der Waals surface area contributed by atoms with Gasteiger partial charge in [-0.25, -0.2) is 0 Å². The molecule has 0 bridgehead atoms. The standard InChI is InChI=1S/C16H30BN3O2/c1-15(2)16(3,4)22-17(21-15)14(10-18)12-19-11-13-6-8-20(5)9-7-13/h10,12-13H,6-9,11,18H2,1-5H3/b14-10+,19-12?. The summed E-state index contributed by atoms with van der Waals surface area (Å²) in [5, 5.41) is 0. The first-order chi connectivity index (χ1) is 10.2. The molecule has 0 aromatic heterocycles. The summed E-state index contributed by atoms with van der Waals surface area (Å²) in [5.74, 6) is 0.671. The second-order valence-electron chi connectivity index (χ2n) is 7.50. The molecular weight excluding hydrogens is 277 g/mol. The van der Waals surface area contributed by atoms with E-state index in [1.807, 2.05) is 33.9 Å². The third-order valence-electron chi connectivity index (χ3n) is 5.16. The van der Waals surface area contributed by atoms with Crippen LogP contribution in [0, 0.1) is 5.92 Å². The molecule has 2 saturated heterocycles. The van der Waals surface area contributed by atoms with Crippen LogP contribution in [-0.4, -0.2) is 56.1 Å². The van der Waals surface area contributed by atoms with Crippen molar-refractivity contribution in [1.82, 2.24) is 4.90 Å². The van der Waals surface area contributed by atoms with Gasteiger partial charge in [0, 0.05) is 18.2 Å². The first-order valence-corrected chi connectivity index (χ1v) is 8.21. The number of hydrogen-bond acceptors (Lipinski definition) is 5. The lowest BCUT2D eigenvalue weighted by atomic mass is 9.79. The fraction of sp³-hybridized carbons (Fsp3) is 0.812. The predicted molar refractivity (Wildman–Crippen MR) is 91.9 cm³/mol. The van der Waals surface area contributed by atoms with Gasteiger partial charge in [0.15, 0.2) is 0 Å². The lowest BCUT2D eigenvalue weighted by Gasteiger charge is -2.32. The molecule has 0 aliphatic carbocycles. The largest absolute Gasteiger partial charge is 0.497 e. The fourth-order valence-electron chi connectivity index (χ4n) is 2.71. The normalized spacial score (nSPS) is 27.0. The molecule has 2 heterocycles. The van der Waals surface area contributed by atoms with E-state index in [1.54, 1.807) is 6.20 Å². The number of nitrogens with zero attached hydrogens (tertiary/aromatic N) is 2. The van der Waals surface area contributed by atoms with E-state index in [-0.39, 0.29) is 11.2 Å². The van der Waals surface area contributed by atoms with E-state index in [2.05, 4.69) is 16.9 Å². The van der Waals surface area contributed by atoms with Crippen LogP contribution in [-0.2, 0) is 9.31 Å². The maximum atomic E-state index is 6.01. The van der Waals surface area contributed by atoms with E-state index in [0.717, 1.165) is 25.1 Å². The molecule has 124 valence electrons. The Morgan fingerprint density at radius 1 is 1.23 bits per heavy atom. The Kier molecular flexibility index (Phi) is 5.35. The molecule has 0 atom stereocenters. The SMILES string of the molecule is CN1CCC(CN=C/C(=C\N)B2OC(C)(C)C(C)(C)O2)CC1. The average Bonchev–Trinajstić information content (AvgIpc) is 2.65. The van der Waals surface area contributed by atoms with E-state index in [0.29, 0.717) is 5.92 Å². The lowest BCUT2D eigenvalue weighted by Crippen LogP contribution is -2.41. The molecule has 0 unspecified atom stereocenters. The first-order valence-electron chi connectivity index (χ1n) is 8.21. The van der Waals surface area contributed by atoms with Crippen LogP contribution in [0.15, 0.2) is 16.7 Å². The molecule has 0 amide bonds. The summed E-state index contributed by atoms with van der Waals surface area (Å²) < 4.78 is 12.0. The van der Waals surface area contributed by atoms with Crippen molar-refractivity contribution in [3.63, 3.8) is 0 Å². The number of aliphatic imine (C=N–C) groups is 1. The zero-order chi connectivity index (χ0) is 16.4. The van der Waals surface area contributed by atoms with E-state index in [4.69, 9.17) is 15.0 Å². The second kappa shape index (κ2) is 6.73. The number of piperidine rings is 1. The number of nitrogens with two attached hydrogens (primary N) is 1. The highest BCUT2D eigenvalue weighted by Gasteiger charge is 2.52. The zero-order valence-electron chi connectivity index (χ0n) is 14.6. The van der Waals surface area contributed by atoms with Gasteiger partial charge < -0.3 is 19.9 Å². The van der Waals surface area contributed by atoms with Crippen LogP contribution in [0.4, 0.5) is 0 Å². The molecular formula is C16H30BN3O2. The first kappa shape index (κ1) is 17.5. The summed E-state index contributed by atoms with van der Waals surface area (Å²) >= 11 is 0. The van der Waals surface area contributed by atoms with Crippen molar-refractivity contribution in [3.8, 4) is 0 Å². The highest BCUT2D eigenvalue weighted by molar-refractivity contribution is 6.60. The summed E-state index contributed by atoms with van der Waals surface area (Å²) in [4.78, 5) is 6.95. The van der Waals surface area contributed by atoms with Gasteiger partial charge in [0.1, 0.15) is 0 Å². The fourth-order valence-corrected chi connectivity index (χ4v) is 2.71. The minimum atomic E-state index is -0.434. The van der Waals surface area contributed by atoms with Crippen LogP contribution in [0.1, 0.15) is 40.5 Å². The molecule has 0 aromatic rings. The molecule has 5 nitrogen and oxygen atoms in total. The Labute approximate surface area is 135 Å². The molecule has 2 aliphatic rings. The number of likely N-dealkylation sites (tertiary alicyclic amines) is 1. The molecule has 6 heteroatoms. The Hall–Kier alpha value is -0.845. The molecule has 0 aromatic carbocycles. The molecule has 2 N–H and O–H groups in total. The molecule has 0 saturated carbocycles. The maximum absolute atomic E-state index is 6.01. The van der Waals surface area contributed by atoms with Crippen molar-refractivity contribution >= 4 is 13.3 Å². The Bertz CT molecular complexity index is 425. The van der Waals surface area contributed by atoms with Crippen LogP contribution in [0.3, 0.4) is 0 Å². The monoisotopic (exact) mass is 307 g/mol. The van der Waals surface area contributed by atoms with Gasteiger partial charge >= 0.3 is 7.12 Å². The van der Waals surface area contributed by atoms with Crippen molar-refractivity contribution in [2.75, 3.05) is 26.7 Å². The minimum absolute atomic E-state index is 0.353. The molecule has 0 radical (unpaired) electrons. The van der Waals surface area contributed by atoms with Gasteiger partial charge in [-0.05, 0) is 72.8 Å². The minimum Gasteiger partial charge on any atom is -0.405 e. The lowest BCUT2D eigenvalue weighted by molar-refractivity contribution is 0.00578. The van der Waals surface area contributed by atoms with Gasteiger partial charge in [-0.1, -0.05) is 0 Å². The van der Waals surface area contributed by atoms with Crippen LogP contribution < -0.4 is 5.73 Å². The van der Waals surface area contributed by atoms with Gasteiger partial charge in [-0.3, -0.25) is 4.99 Å². The third kappa shape index (κ3) is 3.92. The quantitative estimate of drug-likeness (QED) is 0.636. The zero-order valence-corrected chi connectivity index (χ0v) is 14.6. The van der Waals surface area contributed by atoms with Crippen molar-refractivity contribution in [2.24, 2.45) is 16.6 Å². The third-order valence-corrected chi connectivity index (χ3v) is 5.16.